The first kappa shape index (κ1) is 27.2. The van der Waals surface area contributed by atoms with Crippen LogP contribution in [-0.2, 0) is 13.0 Å². The van der Waals surface area contributed by atoms with Crippen molar-refractivity contribution in [2.45, 2.75) is 37.6 Å². The van der Waals surface area contributed by atoms with Gasteiger partial charge in [0.2, 0.25) is 0 Å². The Bertz CT molecular complexity index is 1190. The van der Waals surface area contributed by atoms with Crippen LogP contribution in [-0.4, -0.2) is 57.7 Å². The van der Waals surface area contributed by atoms with E-state index in [0.29, 0.717) is 4.68 Å². The summed E-state index contributed by atoms with van der Waals surface area (Å²) in [4.78, 5) is 18.1. The number of hydrogen-bond acceptors (Lipinski definition) is 6. The Morgan fingerprint density at radius 1 is 1.33 bits per heavy atom. The molecule has 1 aliphatic carbocycles. The molecule has 16 heteroatoms. The molecular weight excluding hydrogens is 525 g/mol. The summed E-state index contributed by atoms with van der Waals surface area (Å²) < 4.78 is 96.6. The summed E-state index contributed by atoms with van der Waals surface area (Å²) in [6.45, 7) is -3.75. The van der Waals surface area contributed by atoms with Crippen molar-refractivity contribution in [3.63, 3.8) is 0 Å². The second-order valence-corrected chi connectivity index (χ2v) is 8.06. The first-order valence-corrected chi connectivity index (χ1v) is 10.4. The van der Waals surface area contributed by atoms with Gasteiger partial charge in [-0.25, -0.2) is 9.67 Å². The molecule has 0 spiro atoms. The lowest BCUT2D eigenvalue weighted by Gasteiger charge is -2.18. The predicted molar refractivity (Wildman–Crippen MR) is 115 cm³/mol. The van der Waals surface area contributed by atoms with Gasteiger partial charge in [-0.3, -0.25) is 4.79 Å². The molecule has 2 heterocycles. The van der Waals surface area contributed by atoms with Crippen LogP contribution in [0.2, 0.25) is 5.15 Å². The maximum Gasteiger partial charge on any atom is 0.459 e. The number of aryl methyl sites for hydroxylation is 1. The molecule has 1 fully saturated rings. The van der Waals surface area contributed by atoms with Crippen LogP contribution in [0.15, 0.2) is 18.5 Å². The fraction of sp³-hybridized carbons (Fsp3) is 0.400. The van der Waals surface area contributed by atoms with E-state index < -0.39 is 41.9 Å². The Hall–Kier alpha value is -3.36. The highest BCUT2D eigenvalue weighted by molar-refractivity contribution is 6.32. The van der Waals surface area contributed by atoms with Crippen molar-refractivity contribution in [1.82, 2.24) is 19.7 Å². The van der Waals surface area contributed by atoms with E-state index in [9.17, 15) is 35.5 Å². The van der Waals surface area contributed by atoms with Crippen LogP contribution < -0.4 is 10.1 Å². The number of halogens is 8. The lowest BCUT2D eigenvalue weighted by molar-refractivity contribution is -0.291. The monoisotopic (exact) mass is 542 g/mol. The summed E-state index contributed by atoms with van der Waals surface area (Å²) in [5, 5.41) is 12.8. The van der Waals surface area contributed by atoms with Gasteiger partial charge in [-0.1, -0.05) is 11.6 Å². The van der Waals surface area contributed by atoms with E-state index in [0.717, 1.165) is 32.3 Å². The number of rotatable bonds is 9. The number of amides is 1. The minimum Gasteiger partial charge on any atom is -0.429 e. The number of hydrogen-bond donors (Lipinski definition) is 2. The van der Waals surface area contributed by atoms with Crippen molar-refractivity contribution in [3.8, 4) is 5.75 Å². The van der Waals surface area contributed by atoms with Gasteiger partial charge < -0.3 is 20.4 Å². The smallest absolute Gasteiger partial charge is 0.429 e. The number of nitrogens with one attached hydrogen (secondary N) is 2. The summed E-state index contributed by atoms with van der Waals surface area (Å²) in [6, 6.07) is 1.36. The third-order valence-corrected chi connectivity index (χ3v) is 5.50. The van der Waals surface area contributed by atoms with Crippen molar-refractivity contribution in [2.24, 2.45) is 7.05 Å². The van der Waals surface area contributed by atoms with Gasteiger partial charge in [-0.2, -0.15) is 35.8 Å². The van der Waals surface area contributed by atoms with Crippen LogP contribution in [0.25, 0.3) is 5.57 Å². The number of carbonyl (C=O) groups excluding carboxylic acids is 1. The molecule has 0 unspecified atom stereocenters. The first-order valence-electron chi connectivity index (χ1n) is 10.1. The van der Waals surface area contributed by atoms with E-state index in [1.165, 1.54) is 17.2 Å². The number of carbonyl (C=O) groups is 1. The Kier molecular flexibility index (Phi) is 7.53. The summed E-state index contributed by atoms with van der Waals surface area (Å²) >= 11 is 6.04. The first-order chi connectivity index (χ1) is 16.7. The lowest BCUT2D eigenvalue weighted by Crippen LogP contribution is -2.34. The number of nitrogens with zero attached hydrogens (tertiary/aromatic N) is 4. The molecule has 3 rings (SSSR count). The molecule has 1 saturated carbocycles. The molecule has 1 amide bonds. The number of alkyl halides is 7. The fourth-order valence-corrected chi connectivity index (χ4v) is 3.32. The molecule has 0 aliphatic heterocycles. The van der Waals surface area contributed by atoms with E-state index in [4.69, 9.17) is 17.0 Å². The molecule has 36 heavy (non-hydrogen) atoms. The van der Waals surface area contributed by atoms with Gasteiger partial charge in [-0.15, -0.1) is 0 Å². The number of anilines is 1. The third kappa shape index (κ3) is 5.39. The van der Waals surface area contributed by atoms with Crippen molar-refractivity contribution in [1.29, 1.82) is 5.41 Å². The van der Waals surface area contributed by atoms with Crippen LogP contribution >= 0.6 is 11.6 Å². The van der Waals surface area contributed by atoms with Crippen molar-refractivity contribution in [2.75, 3.05) is 12.4 Å². The normalized spacial score (nSPS) is 14.7. The lowest BCUT2D eigenvalue weighted by atomic mass is 10.1. The molecule has 0 aromatic carbocycles. The molecule has 0 atom stereocenters. The maximum absolute atomic E-state index is 13.9. The molecule has 0 bridgehead atoms. The molecule has 0 saturated heterocycles. The average molecular weight is 543 g/mol. The zero-order valence-corrected chi connectivity index (χ0v) is 19.3. The Labute approximate surface area is 204 Å². The van der Waals surface area contributed by atoms with E-state index in [-0.39, 0.29) is 27.9 Å². The zero-order chi connectivity index (χ0) is 27.0. The van der Waals surface area contributed by atoms with Gasteiger partial charge >= 0.3 is 18.7 Å². The van der Waals surface area contributed by atoms with Crippen molar-refractivity contribution >= 4 is 35.1 Å². The quantitative estimate of drug-likeness (QED) is 0.262. The fourth-order valence-electron chi connectivity index (χ4n) is 3.13. The molecule has 8 nitrogen and oxygen atoms in total. The summed E-state index contributed by atoms with van der Waals surface area (Å²) in [5.74, 6) is -8.36. The van der Waals surface area contributed by atoms with Crippen LogP contribution in [0.3, 0.4) is 0 Å². The van der Waals surface area contributed by atoms with Gasteiger partial charge in [-0.05, 0) is 18.9 Å². The standard InChI is InChI=1S/C20H18ClF7N6O2/c1-33(11-3-4-11)17(35)12-5-9(7-30-15(12)21)10(6-29)8-31-16-13(36-18(22)23)14(32-34(16)2)19(24,25)20(26,27)28/h5-8,11,18,29,31H,3-4H2,1-2H3/b10-8+,29-6?. The molecule has 2 aromatic rings. The molecule has 0 radical (unpaired) electrons. The largest absolute Gasteiger partial charge is 0.459 e. The third-order valence-electron chi connectivity index (χ3n) is 5.20. The Morgan fingerprint density at radius 3 is 2.50 bits per heavy atom. The van der Waals surface area contributed by atoms with Crippen LogP contribution in [0.4, 0.5) is 36.6 Å². The predicted octanol–water partition coefficient (Wildman–Crippen LogP) is 5.06. The molecule has 2 N–H and O–H groups in total. The highest BCUT2D eigenvalue weighted by atomic mass is 35.5. The average Bonchev–Trinajstić information content (AvgIpc) is 3.59. The molecular formula is C20H18ClF7N6O2. The highest BCUT2D eigenvalue weighted by Gasteiger charge is 2.62. The van der Waals surface area contributed by atoms with Gasteiger partial charge in [0, 0.05) is 49.9 Å². The van der Waals surface area contributed by atoms with Crippen molar-refractivity contribution in [3.05, 3.63) is 40.4 Å². The van der Waals surface area contributed by atoms with E-state index >= 15 is 0 Å². The van der Waals surface area contributed by atoms with Crippen LogP contribution in [0, 0.1) is 5.41 Å². The van der Waals surface area contributed by atoms with Gasteiger partial charge in [0.25, 0.3) is 5.91 Å². The molecule has 196 valence electrons. The topological polar surface area (TPSA) is 96.1 Å². The summed E-state index contributed by atoms with van der Waals surface area (Å²) in [7, 11) is 2.50. The molecule has 2 aromatic heterocycles. The number of aromatic nitrogens is 3. The second-order valence-electron chi connectivity index (χ2n) is 7.70. The number of ether oxygens (including phenoxy) is 1. The minimum atomic E-state index is -6.14. The SMILES string of the molecule is CN(C(=O)c1cc(/C(C=N)=C/Nc2c(OC(F)F)c(C(F)(F)C(F)(F)F)nn2C)cnc1Cl)C1CC1. The maximum atomic E-state index is 13.9. The van der Waals surface area contributed by atoms with E-state index in [1.807, 2.05) is 0 Å². The van der Waals surface area contributed by atoms with Gasteiger partial charge in [0.05, 0.1) is 5.56 Å². The Balaban J connectivity index is 2.00. The number of pyridine rings is 1. The van der Waals surface area contributed by atoms with E-state index in [2.05, 4.69) is 20.1 Å². The van der Waals surface area contributed by atoms with Crippen molar-refractivity contribution < 1.29 is 40.3 Å². The summed E-state index contributed by atoms with van der Waals surface area (Å²) in [6.07, 6.45) is -1.64. The second kappa shape index (κ2) is 9.95. The van der Waals surface area contributed by atoms with Gasteiger partial charge in [0.1, 0.15) is 5.15 Å². The zero-order valence-electron chi connectivity index (χ0n) is 18.5. The van der Waals surface area contributed by atoms with Crippen LogP contribution in [0.5, 0.6) is 5.75 Å². The highest BCUT2D eigenvalue weighted by Crippen LogP contribution is 2.48. The van der Waals surface area contributed by atoms with E-state index in [1.54, 1.807) is 7.05 Å². The molecule has 1 aliphatic rings. The van der Waals surface area contributed by atoms with Gasteiger partial charge in [0.15, 0.2) is 17.3 Å². The summed E-state index contributed by atoms with van der Waals surface area (Å²) in [5.41, 5.74) is -2.00. The number of allylic oxidation sites excluding steroid dienone is 1. The Morgan fingerprint density at radius 2 is 1.97 bits per heavy atom. The van der Waals surface area contributed by atoms with Crippen LogP contribution in [0.1, 0.15) is 34.5 Å². The minimum absolute atomic E-state index is 0.00526.